The maximum absolute atomic E-state index is 11.9. The molecule has 2 aromatic rings. The van der Waals surface area contributed by atoms with E-state index < -0.39 is 0 Å². The summed E-state index contributed by atoms with van der Waals surface area (Å²) in [6, 6.07) is 11.3. The van der Waals surface area contributed by atoms with E-state index in [2.05, 4.69) is 10.2 Å². The van der Waals surface area contributed by atoms with Gasteiger partial charge in [-0.25, -0.2) is 0 Å². The summed E-state index contributed by atoms with van der Waals surface area (Å²) < 4.78 is 5.14. The Hall–Kier alpha value is -3.02. The molecule has 2 heterocycles. The summed E-state index contributed by atoms with van der Waals surface area (Å²) >= 11 is 0. The molecule has 6 heteroatoms. The SMILES string of the molecule is CC(=O)N1CCN(c2ccc(NC(=O)C=Cc3ccco3)cc2)CC1. The number of piperazine rings is 1. The van der Waals surface area contributed by atoms with Crippen LogP contribution in [0.5, 0.6) is 0 Å². The molecule has 0 radical (unpaired) electrons. The number of carbonyl (C=O) groups excluding carboxylic acids is 2. The van der Waals surface area contributed by atoms with Crippen LogP contribution in [0.4, 0.5) is 11.4 Å². The van der Waals surface area contributed by atoms with E-state index in [1.165, 1.54) is 6.08 Å². The molecule has 1 N–H and O–H groups in total. The number of benzene rings is 1. The van der Waals surface area contributed by atoms with Crippen LogP contribution in [0, 0.1) is 0 Å². The first-order chi connectivity index (χ1) is 12.1. The van der Waals surface area contributed by atoms with Crippen molar-refractivity contribution in [2.45, 2.75) is 6.92 Å². The molecular weight excluding hydrogens is 318 g/mol. The van der Waals surface area contributed by atoms with Gasteiger partial charge in [0.15, 0.2) is 0 Å². The van der Waals surface area contributed by atoms with Gasteiger partial charge in [0.25, 0.3) is 0 Å². The zero-order valence-corrected chi connectivity index (χ0v) is 14.1. The molecule has 0 spiro atoms. The third-order valence-electron chi connectivity index (χ3n) is 4.17. The Bertz CT molecular complexity index is 743. The van der Waals surface area contributed by atoms with Gasteiger partial charge in [0.1, 0.15) is 5.76 Å². The van der Waals surface area contributed by atoms with E-state index in [1.807, 2.05) is 29.2 Å². The Morgan fingerprint density at radius 3 is 2.40 bits per heavy atom. The fraction of sp³-hybridized carbons (Fsp3) is 0.263. The average molecular weight is 339 g/mol. The number of hydrogen-bond acceptors (Lipinski definition) is 4. The van der Waals surface area contributed by atoms with E-state index >= 15 is 0 Å². The Balaban J connectivity index is 1.54. The first-order valence-electron chi connectivity index (χ1n) is 8.25. The molecule has 0 atom stereocenters. The molecule has 1 aliphatic rings. The van der Waals surface area contributed by atoms with E-state index in [0.717, 1.165) is 37.6 Å². The van der Waals surface area contributed by atoms with Gasteiger partial charge in [-0.3, -0.25) is 9.59 Å². The van der Waals surface area contributed by atoms with Crippen molar-refractivity contribution < 1.29 is 14.0 Å². The lowest BCUT2D eigenvalue weighted by Crippen LogP contribution is -2.48. The summed E-state index contributed by atoms with van der Waals surface area (Å²) in [4.78, 5) is 27.4. The quantitative estimate of drug-likeness (QED) is 0.870. The first kappa shape index (κ1) is 16.8. The van der Waals surface area contributed by atoms with E-state index in [9.17, 15) is 9.59 Å². The normalized spacial score (nSPS) is 14.8. The highest BCUT2D eigenvalue weighted by Crippen LogP contribution is 2.19. The van der Waals surface area contributed by atoms with Crippen LogP contribution in [0.2, 0.25) is 0 Å². The molecule has 0 bridgehead atoms. The molecule has 1 aromatic heterocycles. The lowest BCUT2D eigenvalue weighted by atomic mass is 10.2. The maximum atomic E-state index is 11.9. The van der Waals surface area contributed by atoms with Gasteiger partial charge in [0, 0.05) is 50.6 Å². The molecule has 0 aliphatic carbocycles. The molecule has 1 fully saturated rings. The topological polar surface area (TPSA) is 65.8 Å². The Labute approximate surface area is 146 Å². The van der Waals surface area contributed by atoms with Gasteiger partial charge in [-0.15, -0.1) is 0 Å². The third kappa shape index (κ3) is 4.50. The van der Waals surface area contributed by atoms with Crippen molar-refractivity contribution in [3.05, 3.63) is 54.5 Å². The van der Waals surface area contributed by atoms with Gasteiger partial charge in [-0.2, -0.15) is 0 Å². The number of nitrogens with one attached hydrogen (secondary N) is 1. The first-order valence-corrected chi connectivity index (χ1v) is 8.25. The average Bonchev–Trinajstić information content (AvgIpc) is 3.14. The van der Waals surface area contributed by atoms with Crippen molar-refractivity contribution in [1.29, 1.82) is 0 Å². The highest BCUT2D eigenvalue weighted by molar-refractivity contribution is 6.01. The molecule has 130 valence electrons. The van der Waals surface area contributed by atoms with Crippen molar-refractivity contribution >= 4 is 29.3 Å². The molecule has 1 saturated heterocycles. The number of anilines is 2. The summed E-state index contributed by atoms with van der Waals surface area (Å²) in [5.74, 6) is 0.551. The fourth-order valence-electron chi connectivity index (χ4n) is 2.76. The van der Waals surface area contributed by atoms with Crippen molar-refractivity contribution in [3.63, 3.8) is 0 Å². The monoisotopic (exact) mass is 339 g/mol. The lowest BCUT2D eigenvalue weighted by molar-refractivity contribution is -0.129. The minimum absolute atomic E-state index is 0.125. The number of rotatable bonds is 4. The van der Waals surface area contributed by atoms with Crippen LogP contribution in [0.1, 0.15) is 12.7 Å². The van der Waals surface area contributed by atoms with Crippen molar-refractivity contribution in [3.8, 4) is 0 Å². The maximum Gasteiger partial charge on any atom is 0.248 e. The summed E-state index contributed by atoms with van der Waals surface area (Å²) in [6.45, 7) is 4.72. The Morgan fingerprint density at radius 1 is 1.08 bits per heavy atom. The molecular formula is C19H21N3O3. The van der Waals surface area contributed by atoms with Crippen LogP contribution in [-0.4, -0.2) is 42.9 Å². The summed E-state index contributed by atoms with van der Waals surface area (Å²) in [5, 5.41) is 2.82. The van der Waals surface area contributed by atoms with Crippen molar-refractivity contribution in [1.82, 2.24) is 4.90 Å². The Kier molecular flexibility index (Phi) is 5.18. The van der Waals surface area contributed by atoms with E-state index in [-0.39, 0.29) is 11.8 Å². The summed E-state index contributed by atoms with van der Waals surface area (Å²) in [6.07, 6.45) is 4.62. The zero-order chi connectivity index (χ0) is 17.6. The molecule has 25 heavy (non-hydrogen) atoms. The van der Waals surface area contributed by atoms with Gasteiger partial charge in [0.2, 0.25) is 11.8 Å². The zero-order valence-electron chi connectivity index (χ0n) is 14.1. The number of amides is 2. The standard InChI is InChI=1S/C19H21N3O3/c1-15(23)21-10-12-22(13-11-21)17-6-4-16(5-7-17)20-19(24)9-8-18-3-2-14-25-18/h2-9,14H,10-13H2,1H3,(H,20,24). The largest absolute Gasteiger partial charge is 0.465 e. The third-order valence-corrected chi connectivity index (χ3v) is 4.17. The molecule has 0 saturated carbocycles. The minimum Gasteiger partial charge on any atom is -0.465 e. The number of carbonyl (C=O) groups is 2. The van der Waals surface area contributed by atoms with Crippen LogP contribution < -0.4 is 10.2 Å². The van der Waals surface area contributed by atoms with Crippen LogP contribution >= 0.6 is 0 Å². The van der Waals surface area contributed by atoms with Crippen molar-refractivity contribution in [2.75, 3.05) is 36.4 Å². The highest BCUT2D eigenvalue weighted by Gasteiger charge is 2.18. The summed E-state index contributed by atoms with van der Waals surface area (Å²) in [7, 11) is 0. The molecule has 3 rings (SSSR count). The van der Waals surface area contributed by atoms with Gasteiger partial charge in [-0.05, 0) is 42.5 Å². The number of nitrogens with zero attached hydrogens (tertiary/aromatic N) is 2. The Morgan fingerprint density at radius 2 is 1.80 bits per heavy atom. The van der Waals surface area contributed by atoms with E-state index in [4.69, 9.17) is 4.42 Å². The van der Waals surface area contributed by atoms with Crippen LogP contribution in [-0.2, 0) is 9.59 Å². The smallest absolute Gasteiger partial charge is 0.248 e. The van der Waals surface area contributed by atoms with Crippen LogP contribution in [0.3, 0.4) is 0 Å². The number of hydrogen-bond donors (Lipinski definition) is 1. The molecule has 6 nitrogen and oxygen atoms in total. The number of furan rings is 1. The molecule has 1 aromatic carbocycles. The minimum atomic E-state index is -0.209. The predicted octanol–water partition coefficient (Wildman–Crippen LogP) is 2.60. The molecule has 1 aliphatic heterocycles. The predicted molar refractivity (Wildman–Crippen MR) is 97.3 cm³/mol. The molecule has 2 amide bonds. The van der Waals surface area contributed by atoms with Gasteiger partial charge in [0.05, 0.1) is 6.26 Å². The second-order valence-electron chi connectivity index (χ2n) is 5.88. The lowest BCUT2D eigenvalue weighted by Gasteiger charge is -2.35. The highest BCUT2D eigenvalue weighted by atomic mass is 16.3. The van der Waals surface area contributed by atoms with Crippen LogP contribution in [0.15, 0.2) is 53.2 Å². The van der Waals surface area contributed by atoms with Gasteiger partial charge >= 0.3 is 0 Å². The summed E-state index contributed by atoms with van der Waals surface area (Å²) in [5.41, 5.74) is 1.83. The van der Waals surface area contributed by atoms with Gasteiger partial charge in [-0.1, -0.05) is 0 Å². The van der Waals surface area contributed by atoms with Crippen LogP contribution in [0.25, 0.3) is 6.08 Å². The van der Waals surface area contributed by atoms with Gasteiger partial charge < -0.3 is 19.5 Å². The second-order valence-corrected chi connectivity index (χ2v) is 5.88. The van der Waals surface area contributed by atoms with E-state index in [0.29, 0.717) is 5.76 Å². The fourth-order valence-corrected chi connectivity index (χ4v) is 2.76. The molecule has 0 unspecified atom stereocenters. The van der Waals surface area contributed by atoms with E-state index in [1.54, 1.807) is 31.4 Å². The van der Waals surface area contributed by atoms with Crippen molar-refractivity contribution in [2.24, 2.45) is 0 Å². The second kappa shape index (κ2) is 7.70.